The summed E-state index contributed by atoms with van der Waals surface area (Å²) in [6.07, 6.45) is 0.544. The predicted octanol–water partition coefficient (Wildman–Crippen LogP) is 1.40. The Morgan fingerprint density at radius 3 is 2.44 bits per heavy atom. The monoisotopic (exact) mass is 386 g/mol. The summed E-state index contributed by atoms with van der Waals surface area (Å²) in [5.74, 6) is -0.320. The van der Waals surface area contributed by atoms with Gasteiger partial charge >= 0.3 is 6.03 Å². The van der Waals surface area contributed by atoms with E-state index in [1.54, 1.807) is 29.2 Å². The molecule has 1 atom stereocenters. The molecule has 0 aliphatic carbocycles. The zero-order chi connectivity index (χ0) is 17.1. The summed E-state index contributed by atoms with van der Waals surface area (Å²) in [7, 11) is 0. The molecule has 1 aromatic rings. The highest BCUT2D eigenvalue weighted by Gasteiger charge is 2.39. The summed E-state index contributed by atoms with van der Waals surface area (Å²) in [6.45, 7) is 2.94. The largest absolute Gasteiger partial charge is 0.340 e. The molecule has 2 aliphatic rings. The number of nitrogens with one attached hydrogen (secondary N) is 2. The van der Waals surface area contributed by atoms with Gasteiger partial charge in [-0.25, -0.2) is 9.69 Å². The zero-order valence-electron chi connectivity index (χ0n) is 13.5. The van der Waals surface area contributed by atoms with Crippen molar-refractivity contribution in [3.8, 4) is 0 Å². The molecule has 0 bridgehead atoms. The topological polar surface area (TPSA) is 81.8 Å². The number of rotatable bonds is 4. The molecular formula is C16H20Cl2N4O3. The highest BCUT2D eigenvalue weighted by Crippen LogP contribution is 2.23. The molecule has 2 heterocycles. The van der Waals surface area contributed by atoms with Gasteiger partial charge in [0.1, 0.15) is 6.04 Å². The molecule has 136 valence electrons. The van der Waals surface area contributed by atoms with Gasteiger partial charge in [0.05, 0.1) is 5.69 Å². The standard InChI is InChI=1S/C16H19ClN4O3.ClH/c17-11-1-3-12(4-2-11)21-15(23)13(19-16(21)24)5-6-14(22)20-9-7-18-8-10-20;/h1-4,13,18H,5-10H2,(H,19,24);1H. The number of benzene rings is 1. The molecule has 1 unspecified atom stereocenters. The van der Waals surface area contributed by atoms with Crippen LogP contribution >= 0.6 is 24.0 Å². The normalized spacial score (nSPS) is 20.3. The van der Waals surface area contributed by atoms with E-state index in [-0.39, 0.29) is 30.6 Å². The van der Waals surface area contributed by atoms with Gasteiger partial charge in [0, 0.05) is 37.6 Å². The number of hydrogen-bond donors (Lipinski definition) is 2. The number of imide groups is 1. The summed E-state index contributed by atoms with van der Waals surface area (Å²) in [4.78, 5) is 39.6. The van der Waals surface area contributed by atoms with Crippen molar-refractivity contribution in [2.45, 2.75) is 18.9 Å². The van der Waals surface area contributed by atoms with E-state index in [2.05, 4.69) is 10.6 Å². The zero-order valence-corrected chi connectivity index (χ0v) is 15.1. The minimum atomic E-state index is -0.667. The van der Waals surface area contributed by atoms with Crippen LogP contribution < -0.4 is 15.5 Å². The first-order valence-corrected chi connectivity index (χ1v) is 8.32. The van der Waals surface area contributed by atoms with E-state index in [0.717, 1.165) is 18.0 Å². The van der Waals surface area contributed by atoms with E-state index < -0.39 is 12.1 Å². The molecule has 1 aromatic carbocycles. The fraction of sp³-hybridized carbons (Fsp3) is 0.438. The number of nitrogens with zero attached hydrogens (tertiary/aromatic N) is 2. The maximum Gasteiger partial charge on any atom is 0.329 e. The van der Waals surface area contributed by atoms with Gasteiger partial charge in [0.2, 0.25) is 5.91 Å². The van der Waals surface area contributed by atoms with Crippen LogP contribution in [-0.2, 0) is 9.59 Å². The lowest BCUT2D eigenvalue weighted by molar-refractivity contribution is -0.132. The van der Waals surface area contributed by atoms with Crippen molar-refractivity contribution in [1.82, 2.24) is 15.5 Å². The summed E-state index contributed by atoms with van der Waals surface area (Å²) >= 11 is 5.83. The Kier molecular flexibility index (Phi) is 6.64. The fourth-order valence-electron chi connectivity index (χ4n) is 2.90. The highest BCUT2D eigenvalue weighted by molar-refractivity contribution is 6.30. The van der Waals surface area contributed by atoms with Gasteiger partial charge in [0.25, 0.3) is 5.91 Å². The minimum absolute atomic E-state index is 0. The van der Waals surface area contributed by atoms with Crippen molar-refractivity contribution < 1.29 is 14.4 Å². The molecule has 4 amide bonds. The number of carbonyl (C=O) groups is 3. The van der Waals surface area contributed by atoms with Crippen molar-refractivity contribution in [2.75, 3.05) is 31.1 Å². The number of anilines is 1. The number of amides is 4. The number of piperazine rings is 1. The Morgan fingerprint density at radius 1 is 1.16 bits per heavy atom. The van der Waals surface area contributed by atoms with Crippen LogP contribution in [-0.4, -0.2) is 55.0 Å². The molecule has 25 heavy (non-hydrogen) atoms. The van der Waals surface area contributed by atoms with E-state index in [1.165, 1.54) is 0 Å². The van der Waals surface area contributed by atoms with Crippen LogP contribution in [0.15, 0.2) is 24.3 Å². The molecule has 0 spiro atoms. The number of halogens is 2. The molecule has 9 heteroatoms. The molecule has 0 saturated carbocycles. The van der Waals surface area contributed by atoms with Crippen molar-refractivity contribution in [1.29, 1.82) is 0 Å². The van der Waals surface area contributed by atoms with Crippen LogP contribution in [0, 0.1) is 0 Å². The van der Waals surface area contributed by atoms with Crippen LogP contribution in [0.5, 0.6) is 0 Å². The van der Waals surface area contributed by atoms with Gasteiger partial charge in [-0.3, -0.25) is 9.59 Å². The first-order valence-electron chi connectivity index (χ1n) is 7.95. The molecule has 2 saturated heterocycles. The second-order valence-corrected chi connectivity index (χ2v) is 6.26. The van der Waals surface area contributed by atoms with Crippen LogP contribution in [0.1, 0.15) is 12.8 Å². The first-order chi connectivity index (χ1) is 11.6. The summed E-state index contributed by atoms with van der Waals surface area (Å²) in [5, 5.41) is 6.36. The van der Waals surface area contributed by atoms with Crippen molar-refractivity contribution in [3.63, 3.8) is 0 Å². The Morgan fingerprint density at radius 2 is 1.80 bits per heavy atom. The Hall–Kier alpha value is -1.83. The molecule has 2 N–H and O–H groups in total. The van der Waals surface area contributed by atoms with E-state index in [9.17, 15) is 14.4 Å². The Bertz CT molecular complexity index is 647. The Balaban J connectivity index is 0.00000225. The van der Waals surface area contributed by atoms with E-state index in [0.29, 0.717) is 30.2 Å². The molecule has 7 nitrogen and oxygen atoms in total. The summed E-state index contributed by atoms with van der Waals surface area (Å²) in [5.41, 5.74) is 0.470. The van der Waals surface area contributed by atoms with Crippen LogP contribution in [0.2, 0.25) is 5.02 Å². The predicted molar refractivity (Wildman–Crippen MR) is 97.2 cm³/mol. The van der Waals surface area contributed by atoms with Crippen molar-refractivity contribution in [3.05, 3.63) is 29.3 Å². The third kappa shape index (κ3) is 4.42. The summed E-state index contributed by atoms with van der Waals surface area (Å²) < 4.78 is 0. The number of urea groups is 1. The second kappa shape index (κ2) is 8.51. The van der Waals surface area contributed by atoms with E-state index in [1.807, 2.05) is 0 Å². The molecule has 2 fully saturated rings. The average Bonchev–Trinajstić information content (AvgIpc) is 2.88. The third-order valence-corrected chi connectivity index (χ3v) is 4.47. The van der Waals surface area contributed by atoms with Crippen LogP contribution in [0.3, 0.4) is 0 Å². The van der Waals surface area contributed by atoms with Gasteiger partial charge in [0.15, 0.2) is 0 Å². The maximum atomic E-state index is 12.5. The smallest absolute Gasteiger partial charge is 0.329 e. The van der Waals surface area contributed by atoms with Gasteiger partial charge in [-0.1, -0.05) is 11.6 Å². The fourth-order valence-corrected chi connectivity index (χ4v) is 3.03. The SMILES string of the molecule is Cl.O=C(CCC1NC(=O)N(c2ccc(Cl)cc2)C1=O)N1CCNCC1. The lowest BCUT2D eigenvalue weighted by Crippen LogP contribution is -2.46. The summed E-state index contributed by atoms with van der Waals surface area (Å²) in [6, 6.07) is 5.35. The van der Waals surface area contributed by atoms with Crippen LogP contribution in [0.25, 0.3) is 0 Å². The van der Waals surface area contributed by atoms with Crippen molar-refractivity contribution in [2.24, 2.45) is 0 Å². The molecular weight excluding hydrogens is 367 g/mol. The third-order valence-electron chi connectivity index (χ3n) is 4.22. The first kappa shape index (κ1) is 19.5. The average molecular weight is 387 g/mol. The minimum Gasteiger partial charge on any atom is -0.340 e. The van der Waals surface area contributed by atoms with E-state index >= 15 is 0 Å². The molecule has 0 aromatic heterocycles. The van der Waals surface area contributed by atoms with E-state index in [4.69, 9.17) is 11.6 Å². The van der Waals surface area contributed by atoms with Crippen molar-refractivity contribution >= 4 is 47.5 Å². The van der Waals surface area contributed by atoms with Gasteiger partial charge in [-0.2, -0.15) is 0 Å². The highest BCUT2D eigenvalue weighted by atomic mass is 35.5. The number of hydrogen-bond acceptors (Lipinski definition) is 4. The molecule has 0 radical (unpaired) electrons. The van der Waals surface area contributed by atoms with Gasteiger partial charge in [-0.15, -0.1) is 12.4 Å². The molecule has 2 aliphatic heterocycles. The van der Waals surface area contributed by atoms with Gasteiger partial charge in [-0.05, 0) is 30.7 Å². The number of carbonyl (C=O) groups excluding carboxylic acids is 3. The van der Waals surface area contributed by atoms with Crippen LogP contribution in [0.4, 0.5) is 10.5 Å². The lowest BCUT2D eigenvalue weighted by Gasteiger charge is -2.27. The second-order valence-electron chi connectivity index (χ2n) is 5.82. The van der Waals surface area contributed by atoms with Gasteiger partial charge < -0.3 is 15.5 Å². The Labute approximate surface area is 157 Å². The maximum absolute atomic E-state index is 12.5. The quantitative estimate of drug-likeness (QED) is 0.766. The lowest BCUT2D eigenvalue weighted by atomic mass is 10.1. The molecule has 3 rings (SSSR count).